The van der Waals surface area contributed by atoms with Crippen LogP contribution in [0.25, 0.3) is 0 Å². The van der Waals surface area contributed by atoms with E-state index in [1.165, 1.54) is 62.5 Å². The third-order valence-electron chi connectivity index (χ3n) is 4.74. The summed E-state index contributed by atoms with van der Waals surface area (Å²) in [4.78, 5) is 0. The maximum atomic E-state index is 8.58. The van der Waals surface area contributed by atoms with Crippen LogP contribution >= 0.6 is 0 Å². The van der Waals surface area contributed by atoms with E-state index in [9.17, 15) is 0 Å². The molecule has 0 bridgehead atoms. The van der Waals surface area contributed by atoms with E-state index >= 15 is 0 Å². The van der Waals surface area contributed by atoms with Gasteiger partial charge in [0.25, 0.3) is 0 Å². The van der Waals surface area contributed by atoms with Gasteiger partial charge in [-0.2, -0.15) is 5.26 Å². The molecule has 0 aliphatic heterocycles. The molecule has 1 nitrogen and oxygen atoms in total. The number of aryl methyl sites for hydroxylation is 2. The minimum Gasteiger partial charge on any atom is -0.193 e. The lowest BCUT2D eigenvalue weighted by Crippen LogP contribution is -2.13. The number of nitriles is 1. The maximum Gasteiger partial charge on any atom is 0.0908 e. The summed E-state index contributed by atoms with van der Waals surface area (Å²) in [5.74, 6) is 1.53. The fraction of sp³-hybridized carbons (Fsp3) is 0.550. The zero-order chi connectivity index (χ0) is 14.9. The largest absolute Gasteiger partial charge is 0.193 e. The monoisotopic (exact) mass is 281 g/mol. The van der Waals surface area contributed by atoms with Gasteiger partial charge in [-0.3, -0.25) is 0 Å². The van der Waals surface area contributed by atoms with Gasteiger partial charge in [0.05, 0.1) is 6.07 Å². The van der Waals surface area contributed by atoms with Crippen LogP contribution in [0.4, 0.5) is 0 Å². The van der Waals surface area contributed by atoms with E-state index in [1.807, 2.05) is 0 Å². The Morgan fingerprint density at radius 3 is 2.24 bits per heavy atom. The van der Waals surface area contributed by atoms with Crippen LogP contribution in [0, 0.1) is 23.2 Å². The van der Waals surface area contributed by atoms with Crippen molar-refractivity contribution >= 4 is 0 Å². The number of nitrogens with zero attached hydrogens (tertiary/aromatic N) is 1. The van der Waals surface area contributed by atoms with Crippen LogP contribution in [-0.4, -0.2) is 0 Å². The van der Waals surface area contributed by atoms with Gasteiger partial charge in [0, 0.05) is 6.08 Å². The van der Waals surface area contributed by atoms with Gasteiger partial charge in [-0.05, 0) is 67.9 Å². The van der Waals surface area contributed by atoms with Crippen molar-refractivity contribution in [2.45, 2.75) is 58.3 Å². The quantitative estimate of drug-likeness (QED) is 0.635. The number of allylic oxidation sites excluding steroid dienone is 2. The molecule has 0 aromatic heterocycles. The molecule has 112 valence electrons. The second kappa shape index (κ2) is 8.67. The third kappa shape index (κ3) is 5.38. The summed E-state index contributed by atoms with van der Waals surface area (Å²) in [5, 5.41) is 8.58. The van der Waals surface area contributed by atoms with Crippen LogP contribution in [0.5, 0.6) is 0 Å². The molecule has 1 saturated carbocycles. The Labute approximate surface area is 129 Å². The summed E-state index contributed by atoms with van der Waals surface area (Å²) >= 11 is 0. The fourth-order valence-corrected chi connectivity index (χ4v) is 3.38. The summed E-state index contributed by atoms with van der Waals surface area (Å²) in [7, 11) is 0. The second-order valence-corrected chi connectivity index (χ2v) is 6.37. The predicted octanol–water partition coefficient (Wildman–Crippen LogP) is 5.46. The van der Waals surface area contributed by atoms with Crippen molar-refractivity contribution in [3.63, 3.8) is 0 Å². The van der Waals surface area contributed by atoms with Gasteiger partial charge in [-0.15, -0.1) is 0 Å². The standard InChI is InChI=1S/C20H27N/c1-2-4-17-6-10-19(11-7-17)14-15-20-12-8-18(9-13-20)5-3-16-21/h3,5-7,10-11,18,20H,2,4,8-9,12-15H2,1H3/t18-,20-. The van der Waals surface area contributed by atoms with Crippen LogP contribution in [-0.2, 0) is 12.8 Å². The van der Waals surface area contributed by atoms with Gasteiger partial charge in [0.15, 0.2) is 0 Å². The summed E-state index contributed by atoms with van der Waals surface area (Å²) in [6, 6.07) is 11.3. The predicted molar refractivity (Wildman–Crippen MR) is 89.0 cm³/mol. The van der Waals surface area contributed by atoms with E-state index < -0.39 is 0 Å². The van der Waals surface area contributed by atoms with Crippen molar-refractivity contribution in [1.82, 2.24) is 0 Å². The smallest absolute Gasteiger partial charge is 0.0908 e. The fourth-order valence-electron chi connectivity index (χ4n) is 3.38. The lowest BCUT2D eigenvalue weighted by atomic mass is 9.79. The average molecular weight is 281 g/mol. The Morgan fingerprint density at radius 2 is 1.67 bits per heavy atom. The molecular formula is C20H27N. The molecule has 1 heteroatoms. The van der Waals surface area contributed by atoms with Gasteiger partial charge in [0.2, 0.25) is 0 Å². The lowest BCUT2D eigenvalue weighted by Gasteiger charge is -2.26. The molecule has 1 aromatic carbocycles. The average Bonchev–Trinajstić information content (AvgIpc) is 2.53. The highest BCUT2D eigenvalue weighted by atomic mass is 14.3. The molecule has 0 atom stereocenters. The Bertz CT molecular complexity index is 470. The minimum atomic E-state index is 0.647. The van der Waals surface area contributed by atoms with E-state index in [1.54, 1.807) is 6.08 Å². The molecule has 0 saturated heterocycles. The second-order valence-electron chi connectivity index (χ2n) is 6.37. The first kappa shape index (κ1) is 15.8. The molecule has 0 heterocycles. The Hall–Kier alpha value is -1.55. The first-order chi connectivity index (χ1) is 10.3. The Morgan fingerprint density at radius 1 is 1.05 bits per heavy atom. The number of hydrogen-bond acceptors (Lipinski definition) is 1. The first-order valence-electron chi connectivity index (χ1n) is 8.46. The summed E-state index contributed by atoms with van der Waals surface area (Å²) in [5.41, 5.74) is 2.95. The van der Waals surface area contributed by atoms with Crippen molar-refractivity contribution in [3.05, 3.63) is 47.5 Å². The molecule has 1 aliphatic carbocycles. The molecule has 0 unspecified atom stereocenters. The molecule has 0 N–H and O–H groups in total. The van der Waals surface area contributed by atoms with Crippen molar-refractivity contribution in [2.24, 2.45) is 11.8 Å². The van der Waals surface area contributed by atoms with Crippen molar-refractivity contribution in [2.75, 3.05) is 0 Å². The zero-order valence-corrected chi connectivity index (χ0v) is 13.2. The minimum absolute atomic E-state index is 0.647. The highest BCUT2D eigenvalue weighted by Crippen LogP contribution is 2.32. The highest BCUT2D eigenvalue weighted by Gasteiger charge is 2.19. The summed E-state index contributed by atoms with van der Waals surface area (Å²) in [6.45, 7) is 2.23. The van der Waals surface area contributed by atoms with Crippen LogP contribution in [0.15, 0.2) is 36.4 Å². The molecular weight excluding hydrogens is 254 g/mol. The number of benzene rings is 1. The molecule has 0 radical (unpaired) electrons. The molecule has 0 spiro atoms. The Balaban J connectivity index is 1.72. The highest BCUT2D eigenvalue weighted by molar-refractivity contribution is 5.22. The van der Waals surface area contributed by atoms with E-state index in [2.05, 4.69) is 43.3 Å². The molecule has 1 aliphatic rings. The van der Waals surface area contributed by atoms with Gasteiger partial charge in [-0.25, -0.2) is 0 Å². The summed E-state index contributed by atoms with van der Waals surface area (Å²) < 4.78 is 0. The molecule has 2 rings (SSSR count). The number of hydrogen-bond donors (Lipinski definition) is 0. The molecule has 21 heavy (non-hydrogen) atoms. The van der Waals surface area contributed by atoms with E-state index in [0.29, 0.717) is 5.92 Å². The zero-order valence-electron chi connectivity index (χ0n) is 13.2. The first-order valence-corrected chi connectivity index (χ1v) is 8.46. The third-order valence-corrected chi connectivity index (χ3v) is 4.74. The lowest BCUT2D eigenvalue weighted by molar-refractivity contribution is 0.296. The van der Waals surface area contributed by atoms with E-state index in [4.69, 9.17) is 5.26 Å². The van der Waals surface area contributed by atoms with Crippen LogP contribution in [0.1, 0.15) is 56.6 Å². The van der Waals surface area contributed by atoms with Crippen molar-refractivity contribution in [3.8, 4) is 6.07 Å². The van der Waals surface area contributed by atoms with Crippen LogP contribution in [0.3, 0.4) is 0 Å². The summed E-state index contributed by atoms with van der Waals surface area (Å²) in [6.07, 6.45) is 13.9. The maximum absolute atomic E-state index is 8.58. The van der Waals surface area contributed by atoms with Crippen LogP contribution in [0.2, 0.25) is 0 Å². The molecule has 1 aromatic rings. The van der Waals surface area contributed by atoms with E-state index in [0.717, 1.165) is 5.92 Å². The van der Waals surface area contributed by atoms with Gasteiger partial charge in [-0.1, -0.05) is 43.7 Å². The topological polar surface area (TPSA) is 23.8 Å². The number of rotatable bonds is 6. The molecule has 1 fully saturated rings. The van der Waals surface area contributed by atoms with Gasteiger partial charge < -0.3 is 0 Å². The van der Waals surface area contributed by atoms with Crippen molar-refractivity contribution in [1.29, 1.82) is 5.26 Å². The Kier molecular flexibility index (Phi) is 6.54. The van der Waals surface area contributed by atoms with Gasteiger partial charge >= 0.3 is 0 Å². The SMILES string of the molecule is CCCc1ccc(CC[C@H]2CC[C@H](C=CC#N)CC2)cc1. The normalized spacial score (nSPS) is 22.3. The van der Waals surface area contributed by atoms with Gasteiger partial charge in [0.1, 0.15) is 0 Å². The van der Waals surface area contributed by atoms with Crippen LogP contribution < -0.4 is 0 Å². The van der Waals surface area contributed by atoms with Crippen molar-refractivity contribution < 1.29 is 0 Å². The molecule has 0 amide bonds. The van der Waals surface area contributed by atoms with E-state index in [-0.39, 0.29) is 0 Å².